The summed E-state index contributed by atoms with van der Waals surface area (Å²) in [5.74, 6) is 0.593. The normalized spacial score (nSPS) is 19.6. The van der Waals surface area contributed by atoms with Gasteiger partial charge in [-0.05, 0) is 17.7 Å². The topological polar surface area (TPSA) is 48.0 Å². The van der Waals surface area contributed by atoms with E-state index < -0.39 is 11.6 Å². The van der Waals surface area contributed by atoms with E-state index in [1.165, 1.54) is 0 Å². The molecule has 2 aromatic carbocycles. The fourth-order valence-corrected chi connectivity index (χ4v) is 2.89. The Balaban J connectivity index is 1.82. The van der Waals surface area contributed by atoms with Gasteiger partial charge < -0.3 is 14.2 Å². The second-order valence-electron chi connectivity index (χ2n) is 5.85. The summed E-state index contributed by atoms with van der Waals surface area (Å²) in [5, 5.41) is 0. The molecular formula is C20H21NO4. The number of hydrogen-bond acceptors (Lipinski definition) is 4. The maximum Gasteiger partial charge on any atom is 0.415 e. The number of cyclic esters (lactones) is 1. The molecule has 5 heteroatoms. The second kappa shape index (κ2) is 7.40. The van der Waals surface area contributed by atoms with Crippen LogP contribution in [0.2, 0.25) is 0 Å². The fourth-order valence-electron chi connectivity index (χ4n) is 2.89. The van der Waals surface area contributed by atoms with Gasteiger partial charge in [-0.15, -0.1) is 6.58 Å². The van der Waals surface area contributed by atoms with E-state index in [0.717, 1.165) is 5.56 Å². The lowest BCUT2D eigenvalue weighted by atomic mass is 10.00. The van der Waals surface area contributed by atoms with Gasteiger partial charge >= 0.3 is 6.09 Å². The third-order valence-electron chi connectivity index (χ3n) is 4.24. The van der Waals surface area contributed by atoms with Crippen molar-refractivity contribution in [2.24, 2.45) is 0 Å². The number of anilines is 1. The Labute approximate surface area is 147 Å². The quantitative estimate of drug-likeness (QED) is 0.720. The van der Waals surface area contributed by atoms with Gasteiger partial charge in [0.25, 0.3) is 0 Å². The molecule has 130 valence electrons. The number of carbonyl (C=O) groups excluding carboxylic acids is 1. The molecule has 0 bridgehead atoms. The van der Waals surface area contributed by atoms with Crippen molar-refractivity contribution in [2.45, 2.75) is 12.1 Å². The minimum absolute atomic E-state index is 0.183. The summed E-state index contributed by atoms with van der Waals surface area (Å²) in [4.78, 5) is 14.0. The van der Waals surface area contributed by atoms with Gasteiger partial charge in [0.15, 0.2) is 0 Å². The van der Waals surface area contributed by atoms with Crippen molar-refractivity contribution in [1.29, 1.82) is 0 Å². The Morgan fingerprint density at radius 2 is 1.92 bits per heavy atom. The molecule has 25 heavy (non-hydrogen) atoms. The molecule has 3 rings (SSSR count). The van der Waals surface area contributed by atoms with Gasteiger partial charge in [0.05, 0.1) is 26.0 Å². The highest BCUT2D eigenvalue weighted by atomic mass is 16.6. The average molecular weight is 339 g/mol. The van der Waals surface area contributed by atoms with E-state index in [0.29, 0.717) is 18.0 Å². The average Bonchev–Trinajstić information content (AvgIpc) is 2.99. The van der Waals surface area contributed by atoms with Crippen molar-refractivity contribution >= 4 is 11.8 Å². The zero-order valence-electron chi connectivity index (χ0n) is 14.2. The minimum atomic E-state index is -0.777. The molecule has 1 amide bonds. The largest absolute Gasteiger partial charge is 0.495 e. The SMILES string of the molecule is C=C[C@@]1(COCc2ccccc2)COC(=O)N1c1ccccc1OC. The van der Waals surface area contributed by atoms with Crippen molar-refractivity contribution in [1.82, 2.24) is 0 Å². The summed E-state index contributed by atoms with van der Waals surface area (Å²) >= 11 is 0. The van der Waals surface area contributed by atoms with E-state index in [-0.39, 0.29) is 13.2 Å². The number of rotatable bonds is 7. The first-order valence-corrected chi connectivity index (χ1v) is 8.05. The highest BCUT2D eigenvalue weighted by Crippen LogP contribution is 2.37. The lowest BCUT2D eigenvalue weighted by molar-refractivity contribution is 0.0809. The summed E-state index contributed by atoms with van der Waals surface area (Å²) in [7, 11) is 1.57. The number of carbonyl (C=O) groups is 1. The van der Waals surface area contributed by atoms with Crippen LogP contribution in [-0.2, 0) is 16.1 Å². The zero-order chi connectivity index (χ0) is 17.7. The van der Waals surface area contributed by atoms with Crippen LogP contribution in [-0.4, -0.2) is 32.0 Å². The van der Waals surface area contributed by atoms with E-state index in [1.807, 2.05) is 48.5 Å². The number of methoxy groups -OCH3 is 1. The third-order valence-corrected chi connectivity index (χ3v) is 4.24. The highest BCUT2D eigenvalue weighted by molar-refractivity contribution is 5.94. The van der Waals surface area contributed by atoms with Gasteiger partial charge in [0.1, 0.15) is 17.9 Å². The van der Waals surface area contributed by atoms with Crippen LogP contribution in [0.3, 0.4) is 0 Å². The second-order valence-corrected chi connectivity index (χ2v) is 5.85. The number of amides is 1. The zero-order valence-corrected chi connectivity index (χ0v) is 14.2. The van der Waals surface area contributed by atoms with Crippen molar-refractivity contribution in [2.75, 3.05) is 25.2 Å². The summed E-state index contributed by atoms with van der Waals surface area (Å²) < 4.78 is 16.6. The monoisotopic (exact) mass is 339 g/mol. The lowest BCUT2D eigenvalue weighted by Gasteiger charge is -2.33. The van der Waals surface area contributed by atoms with E-state index in [4.69, 9.17) is 14.2 Å². The van der Waals surface area contributed by atoms with Crippen LogP contribution in [0.1, 0.15) is 5.56 Å². The van der Waals surface area contributed by atoms with Crippen LogP contribution in [0.25, 0.3) is 0 Å². The van der Waals surface area contributed by atoms with E-state index in [9.17, 15) is 4.79 Å². The van der Waals surface area contributed by atoms with Crippen molar-refractivity contribution in [3.05, 3.63) is 72.8 Å². The molecule has 0 radical (unpaired) electrons. The van der Waals surface area contributed by atoms with E-state index in [1.54, 1.807) is 24.2 Å². The Morgan fingerprint density at radius 3 is 2.64 bits per heavy atom. The molecule has 0 spiro atoms. The Kier molecular flexibility index (Phi) is 5.05. The number of nitrogens with zero attached hydrogens (tertiary/aromatic N) is 1. The first-order chi connectivity index (χ1) is 12.2. The van der Waals surface area contributed by atoms with Crippen LogP contribution < -0.4 is 9.64 Å². The lowest BCUT2D eigenvalue weighted by Crippen LogP contribution is -2.49. The molecule has 5 nitrogen and oxygen atoms in total. The predicted molar refractivity (Wildman–Crippen MR) is 95.8 cm³/mol. The van der Waals surface area contributed by atoms with Crippen molar-refractivity contribution in [3.8, 4) is 5.75 Å². The molecule has 1 atom stereocenters. The van der Waals surface area contributed by atoms with Gasteiger partial charge in [-0.3, -0.25) is 4.90 Å². The molecule has 1 heterocycles. The number of benzene rings is 2. The van der Waals surface area contributed by atoms with E-state index >= 15 is 0 Å². The van der Waals surface area contributed by atoms with Crippen LogP contribution in [0, 0.1) is 0 Å². The first-order valence-electron chi connectivity index (χ1n) is 8.05. The van der Waals surface area contributed by atoms with Crippen molar-refractivity contribution in [3.63, 3.8) is 0 Å². The summed E-state index contributed by atoms with van der Waals surface area (Å²) in [6, 6.07) is 17.2. The maximum atomic E-state index is 12.4. The van der Waals surface area contributed by atoms with Gasteiger partial charge in [-0.2, -0.15) is 0 Å². The van der Waals surface area contributed by atoms with Gasteiger partial charge in [-0.25, -0.2) is 4.79 Å². The fraction of sp³-hybridized carbons (Fsp3) is 0.250. The minimum Gasteiger partial charge on any atom is -0.495 e. The Morgan fingerprint density at radius 1 is 1.20 bits per heavy atom. The molecule has 1 aliphatic heterocycles. The van der Waals surface area contributed by atoms with Gasteiger partial charge in [-0.1, -0.05) is 48.5 Å². The highest BCUT2D eigenvalue weighted by Gasteiger charge is 2.47. The molecule has 0 aromatic heterocycles. The Hall–Kier alpha value is -2.79. The molecular weight excluding hydrogens is 318 g/mol. The molecule has 1 aliphatic rings. The molecule has 0 N–H and O–H groups in total. The van der Waals surface area contributed by atoms with Crippen molar-refractivity contribution < 1.29 is 19.0 Å². The van der Waals surface area contributed by atoms with Gasteiger partial charge in [0, 0.05) is 0 Å². The molecule has 0 aliphatic carbocycles. The molecule has 0 saturated carbocycles. The summed E-state index contributed by atoms with van der Waals surface area (Å²) in [5.41, 5.74) is 0.923. The van der Waals surface area contributed by atoms with Crippen LogP contribution in [0.4, 0.5) is 10.5 Å². The number of para-hydroxylation sites is 2. The van der Waals surface area contributed by atoms with Gasteiger partial charge in [0.2, 0.25) is 0 Å². The molecule has 1 fully saturated rings. The molecule has 1 saturated heterocycles. The number of hydrogen-bond donors (Lipinski definition) is 0. The van der Waals surface area contributed by atoms with Crippen LogP contribution >= 0.6 is 0 Å². The standard InChI is InChI=1S/C20H21NO4/c1-3-20(14-24-13-16-9-5-4-6-10-16)15-25-19(22)21(20)17-11-7-8-12-18(17)23-2/h3-12H,1,13-15H2,2H3/t20-/m1/s1. The van der Waals surface area contributed by atoms with Crippen LogP contribution in [0.5, 0.6) is 5.75 Å². The van der Waals surface area contributed by atoms with E-state index in [2.05, 4.69) is 6.58 Å². The summed E-state index contributed by atoms with van der Waals surface area (Å²) in [6.07, 6.45) is 1.27. The van der Waals surface area contributed by atoms with Crippen LogP contribution in [0.15, 0.2) is 67.3 Å². The molecule has 0 unspecified atom stereocenters. The number of ether oxygens (including phenoxy) is 3. The predicted octanol–water partition coefficient (Wildman–Crippen LogP) is 3.79. The summed E-state index contributed by atoms with van der Waals surface area (Å²) in [6.45, 7) is 4.82. The smallest absolute Gasteiger partial charge is 0.415 e. The molecule has 2 aromatic rings. The first kappa shape index (κ1) is 17.0. The Bertz CT molecular complexity index is 746. The maximum absolute atomic E-state index is 12.4. The third kappa shape index (κ3) is 3.37.